The fraction of sp³-hybridized carbons (Fsp3) is 0.333. The van der Waals surface area contributed by atoms with Gasteiger partial charge in [0.25, 0.3) is 5.82 Å². The first-order valence-electron chi connectivity index (χ1n) is 4.58. The second-order valence-electron chi connectivity index (χ2n) is 3.30. The van der Waals surface area contributed by atoms with Gasteiger partial charge in [0.15, 0.2) is 5.65 Å². The van der Waals surface area contributed by atoms with E-state index in [2.05, 4.69) is 15.4 Å². The molecule has 0 aliphatic rings. The van der Waals surface area contributed by atoms with Crippen LogP contribution >= 0.6 is 0 Å². The van der Waals surface area contributed by atoms with E-state index in [0.717, 1.165) is 10.1 Å². The van der Waals surface area contributed by atoms with E-state index in [4.69, 9.17) is 0 Å². The first-order chi connectivity index (χ1) is 7.50. The summed E-state index contributed by atoms with van der Waals surface area (Å²) < 4.78 is 38.1. The van der Waals surface area contributed by atoms with Crippen LogP contribution in [0.3, 0.4) is 0 Å². The molecule has 0 atom stereocenters. The Balaban J connectivity index is 2.46. The van der Waals surface area contributed by atoms with E-state index >= 15 is 0 Å². The second-order valence-corrected chi connectivity index (χ2v) is 3.30. The van der Waals surface area contributed by atoms with Crippen LogP contribution in [0, 0.1) is 0 Å². The number of nitrogens with zero attached hydrogens (tertiary/aromatic N) is 3. The Kier molecular flexibility index (Phi) is 2.55. The molecule has 2 aromatic rings. The Morgan fingerprint density at radius 3 is 2.75 bits per heavy atom. The van der Waals surface area contributed by atoms with Crippen LogP contribution in [-0.2, 0) is 12.7 Å². The van der Waals surface area contributed by atoms with Crippen molar-refractivity contribution < 1.29 is 13.2 Å². The normalized spacial score (nSPS) is 12.2. The number of halogens is 3. The van der Waals surface area contributed by atoms with Gasteiger partial charge in [0.05, 0.1) is 0 Å². The van der Waals surface area contributed by atoms with E-state index in [-0.39, 0.29) is 5.65 Å². The zero-order chi connectivity index (χ0) is 11.8. The molecule has 7 heteroatoms. The summed E-state index contributed by atoms with van der Waals surface area (Å²) in [7, 11) is 1.76. The summed E-state index contributed by atoms with van der Waals surface area (Å²) in [5.41, 5.74) is 1.03. The minimum Gasteiger partial charge on any atom is -0.316 e. The average molecular weight is 230 g/mol. The van der Waals surface area contributed by atoms with Crippen LogP contribution in [0.4, 0.5) is 13.2 Å². The predicted octanol–water partition coefficient (Wildman–Crippen LogP) is 1.47. The Hall–Kier alpha value is -1.63. The number of nitrogens with one attached hydrogen (secondary N) is 1. The van der Waals surface area contributed by atoms with Crippen molar-refractivity contribution in [3.05, 3.63) is 29.7 Å². The second kappa shape index (κ2) is 3.75. The zero-order valence-corrected chi connectivity index (χ0v) is 8.41. The molecule has 0 aromatic carbocycles. The minimum atomic E-state index is -4.50. The summed E-state index contributed by atoms with van der Waals surface area (Å²) >= 11 is 0. The van der Waals surface area contributed by atoms with Crippen LogP contribution < -0.4 is 5.32 Å². The first-order valence-corrected chi connectivity index (χ1v) is 4.58. The summed E-state index contributed by atoms with van der Waals surface area (Å²) in [6.45, 7) is 0.567. The largest absolute Gasteiger partial charge is 0.453 e. The summed E-state index contributed by atoms with van der Waals surface area (Å²) in [4.78, 5) is 3.39. The number of hydrogen-bond donors (Lipinski definition) is 1. The zero-order valence-electron chi connectivity index (χ0n) is 8.41. The van der Waals surface area contributed by atoms with Crippen molar-refractivity contribution in [1.29, 1.82) is 0 Å². The van der Waals surface area contributed by atoms with Gasteiger partial charge < -0.3 is 5.32 Å². The third kappa shape index (κ3) is 1.99. The predicted molar refractivity (Wildman–Crippen MR) is 50.8 cm³/mol. The van der Waals surface area contributed by atoms with E-state index in [1.54, 1.807) is 13.1 Å². The highest BCUT2D eigenvalue weighted by Gasteiger charge is 2.36. The van der Waals surface area contributed by atoms with Gasteiger partial charge >= 0.3 is 6.18 Å². The lowest BCUT2D eigenvalue weighted by molar-refractivity contribution is -0.144. The van der Waals surface area contributed by atoms with Gasteiger partial charge in [0.1, 0.15) is 0 Å². The van der Waals surface area contributed by atoms with E-state index < -0.39 is 12.0 Å². The van der Waals surface area contributed by atoms with Crippen molar-refractivity contribution in [2.45, 2.75) is 12.7 Å². The summed E-state index contributed by atoms with van der Waals surface area (Å²) in [6.07, 6.45) is -2.98. The number of fused-ring (bicyclic) bond motifs is 1. The molecule has 2 heterocycles. The maximum absolute atomic E-state index is 12.3. The molecule has 16 heavy (non-hydrogen) atoms. The Morgan fingerprint density at radius 1 is 1.38 bits per heavy atom. The standard InChI is InChI=1S/C9H9F3N4/c1-13-4-6-2-3-7-14-8(9(10,11)12)15-16(7)5-6/h2-3,5,13H,4H2,1H3. The lowest BCUT2D eigenvalue weighted by Gasteiger charge is -1.99. The third-order valence-electron chi connectivity index (χ3n) is 2.03. The molecule has 0 spiro atoms. The maximum atomic E-state index is 12.3. The number of hydrogen-bond acceptors (Lipinski definition) is 3. The van der Waals surface area contributed by atoms with Crippen molar-refractivity contribution in [1.82, 2.24) is 19.9 Å². The molecule has 2 aromatic heterocycles. The molecule has 2 rings (SSSR count). The summed E-state index contributed by atoms with van der Waals surface area (Å²) in [6, 6.07) is 3.22. The molecule has 0 saturated carbocycles. The number of alkyl halides is 3. The van der Waals surface area contributed by atoms with Crippen molar-refractivity contribution in [3.8, 4) is 0 Å². The van der Waals surface area contributed by atoms with Gasteiger partial charge in [0.2, 0.25) is 0 Å². The summed E-state index contributed by atoms with van der Waals surface area (Å²) in [5.74, 6) is -1.12. The number of rotatable bonds is 2. The maximum Gasteiger partial charge on any atom is 0.453 e. The molecule has 0 bridgehead atoms. The molecule has 0 saturated heterocycles. The summed E-state index contributed by atoms with van der Waals surface area (Å²) in [5, 5.41) is 6.28. The van der Waals surface area contributed by atoms with E-state index in [9.17, 15) is 13.2 Å². The molecule has 0 aliphatic carbocycles. The molecule has 86 valence electrons. The molecule has 0 fully saturated rings. The molecule has 4 nitrogen and oxygen atoms in total. The van der Waals surface area contributed by atoms with Crippen LogP contribution in [0.15, 0.2) is 18.3 Å². The Morgan fingerprint density at radius 2 is 2.12 bits per heavy atom. The van der Waals surface area contributed by atoms with Gasteiger partial charge in [-0.1, -0.05) is 6.07 Å². The Bertz CT molecular complexity index is 503. The van der Waals surface area contributed by atoms with Crippen LogP contribution in [0.5, 0.6) is 0 Å². The minimum absolute atomic E-state index is 0.187. The molecule has 1 N–H and O–H groups in total. The van der Waals surface area contributed by atoms with Crippen molar-refractivity contribution in [2.24, 2.45) is 0 Å². The fourth-order valence-electron chi connectivity index (χ4n) is 1.35. The lowest BCUT2D eigenvalue weighted by atomic mass is 10.3. The molecular formula is C9H9F3N4. The highest BCUT2D eigenvalue weighted by atomic mass is 19.4. The van der Waals surface area contributed by atoms with Crippen LogP contribution in [0.2, 0.25) is 0 Å². The van der Waals surface area contributed by atoms with Gasteiger partial charge in [0, 0.05) is 12.7 Å². The van der Waals surface area contributed by atoms with Gasteiger partial charge in [-0.05, 0) is 18.7 Å². The first kappa shape index (κ1) is 10.9. The van der Waals surface area contributed by atoms with Crippen LogP contribution in [0.25, 0.3) is 5.65 Å². The number of aromatic nitrogens is 3. The molecule has 0 unspecified atom stereocenters. The fourth-order valence-corrected chi connectivity index (χ4v) is 1.35. The highest BCUT2D eigenvalue weighted by Crippen LogP contribution is 2.26. The van der Waals surface area contributed by atoms with Crippen LogP contribution in [0.1, 0.15) is 11.4 Å². The average Bonchev–Trinajstić information content (AvgIpc) is 2.60. The highest BCUT2D eigenvalue weighted by molar-refractivity contribution is 5.38. The molecular weight excluding hydrogens is 221 g/mol. The monoisotopic (exact) mass is 230 g/mol. The van der Waals surface area contributed by atoms with Crippen molar-refractivity contribution >= 4 is 5.65 Å². The van der Waals surface area contributed by atoms with E-state index in [1.165, 1.54) is 12.3 Å². The molecule has 0 amide bonds. The molecule has 0 aliphatic heterocycles. The van der Waals surface area contributed by atoms with E-state index in [0.29, 0.717) is 6.54 Å². The number of pyridine rings is 1. The van der Waals surface area contributed by atoms with Gasteiger partial charge in [-0.15, -0.1) is 5.10 Å². The lowest BCUT2D eigenvalue weighted by Crippen LogP contribution is -2.08. The van der Waals surface area contributed by atoms with Crippen LogP contribution in [-0.4, -0.2) is 21.6 Å². The van der Waals surface area contributed by atoms with Gasteiger partial charge in [-0.2, -0.15) is 13.2 Å². The smallest absolute Gasteiger partial charge is 0.316 e. The Labute approximate surface area is 89.1 Å². The van der Waals surface area contributed by atoms with E-state index in [1.807, 2.05) is 0 Å². The van der Waals surface area contributed by atoms with Crippen molar-refractivity contribution in [3.63, 3.8) is 0 Å². The van der Waals surface area contributed by atoms with Gasteiger partial charge in [-0.3, -0.25) is 0 Å². The molecule has 0 radical (unpaired) electrons. The van der Waals surface area contributed by atoms with Crippen molar-refractivity contribution in [2.75, 3.05) is 7.05 Å². The quantitative estimate of drug-likeness (QED) is 0.849. The SMILES string of the molecule is CNCc1ccc2nc(C(F)(F)F)nn2c1. The van der Waals surface area contributed by atoms with Gasteiger partial charge in [-0.25, -0.2) is 9.50 Å². The topological polar surface area (TPSA) is 42.2 Å². The third-order valence-corrected chi connectivity index (χ3v) is 2.03.